The third kappa shape index (κ3) is 5.64. The van der Waals surface area contributed by atoms with Gasteiger partial charge in [-0.25, -0.2) is 0 Å². The highest BCUT2D eigenvalue weighted by atomic mass is 16.2. The van der Waals surface area contributed by atoms with Crippen molar-refractivity contribution in [2.24, 2.45) is 0 Å². The quantitative estimate of drug-likeness (QED) is 0.530. The van der Waals surface area contributed by atoms with Crippen molar-refractivity contribution in [3.05, 3.63) is 71.3 Å². The Morgan fingerprint density at radius 3 is 2.21 bits per heavy atom. The maximum Gasteiger partial charge on any atom is 0.251 e. The number of anilines is 2. The number of hydrogen-bond donors (Lipinski definition) is 2. The highest BCUT2D eigenvalue weighted by molar-refractivity contribution is 6.10. The molecule has 0 aliphatic heterocycles. The van der Waals surface area contributed by atoms with Crippen molar-refractivity contribution < 1.29 is 14.4 Å². The topological polar surface area (TPSA) is 75.3 Å². The van der Waals surface area contributed by atoms with Crippen molar-refractivity contribution in [1.29, 1.82) is 0 Å². The number of carbonyl (C=O) groups excluding carboxylic acids is 3. The highest BCUT2D eigenvalue weighted by Crippen LogP contribution is 2.26. The van der Waals surface area contributed by atoms with Gasteiger partial charge in [-0.15, -0.1) is 0 Å². The fourth-order valence-electron chi connectivity index (χ4n) is 2.71. The minimum absolute atomic E-state index is 0.0386. The van der Waals surface area contributed by atoms with Crippen molar-refractivity contribution in [2.75, 3.05) is 10.6 Å². The molecule has 0 bridgehead atoms. The summed E-state index contributed by atoms with van der Waals surface area (Å²) in [5.41, 5.74) is 3.24. The van der Waals surface area contributed by atoms with Crippen LogP contribution in [0.15, 0.2) is 60.2 Å². The molecular weight excluding hydrogens is 352 g/mol. The van der Waals surface area contributed by atoms with E-state index >= 15 is 0 Å². The molecule has 5 nitrogen and oxygen atoms in total. The van der Waals surface area contributed by atoms with Crippen LogP contribution in [0.25, 0.3) is 0 Å². The fourth-order valence-corrected chi connectivity index (χ4v) is 2.71. The lowest BCUT2D eigenvalue weighted by Gasteiger charge is -2.15. The molecule has 0 saturated heterocycles. The highest BCUT2D eigenvalue weighted by Gasteiger charge is 2.12. The van der Waals surface area contributed by atoms with Gasteiger partial charge in [-0.1, -0.05) is 32.0 Å². The lowest BCUT2D eigenvalue weighted by Crippen LogP contribution is -2.17. The molecular formula is C23H26N2O3. The van der Waals surface area contributed by atoms with Gasteiger partial charge < -0.3 is 10.6 Å². The Labute approximate surface area is 165 Å². The van der Waals surface area contributed by atoms with E-state index in [0.717, 1.165) is 17.7 Å². The van der Waals surface area contributed by atoms with Crippen molar-refractivity contribution in [3.8, 4) is 0 Å². The van der Waals surface area contributed by atoms with Gasteiger partial charge in [0.05, 0.1) is 0 Å². The predicted molar refractivity (Wildman–Crippen MR) is 113 cm³/mol. The van der Waals surface area contributed by atoms with Gasteiger partial charge in [0, 0.05) is 28.6 Å². The molecule has 2 aromatic rings. The second-order valence-corrected chi connectivity index (χ2v) is 6.80. The van der Waals surface area contributed by atoms with Crippen LogP contribution in [-0.4, -0.2) is 17.6 Å². The van der Waals surface area contributed by atoms with Crippen LogP contribution in [-0.2, 0) is 9.59 Å². The van der Waals surface area contributed by atoms with Crippen LogP contribution < -0.4 is 10.6 Å². The summed E-state index contributed by atoms with van der Waals surface area (Å²) in [5, 5.41) is 5.58. The van der Waals surface area contributed by atoms with Gasteiger partial charge >= 0.3 is 0 Å². The summed E-state index contributed by atoms with van der Waals surface area (Å²) in [6, 6.07) is 14.3. The molecule has 5 heteroatoms. The molecule has 28 heavy (non-hydrogen) atoms. The molecule has 2 amide bonds. The summed E-state index contributed by atoms with van der Waals surface area (Å²) in [6.07, 6.45) is 2.25. The summed E-state index contributed by atoms with van der Waals surface area (Å²) in [5.74, 6) is -0.442. The van der Waals surface area contributed by atoms with Gasteiger partial charge in [0.2, 0.25) is 5.91 Å². The van der Waals surface area contributed by atoms with Crippen LogP contribution >= 0.6 is 0 Å². The van der Waals surface area contributed by atoms with Crippen LogP contribution in [0.4, 0.5) is 11.4 Å². The Bertz CT molecular complexity index is 898. The standard InChI is InChI=1S/C23H26N2O3/c1-5-15(2)20-8-6-7-9-21(20)25-22(27)14-16(3)23(28)24-19-12-10-18(11-13-19)17(4)26/h6-15H,5H2,1-4H3,(H,24,28)(H,25,27)/b16-14-. The molecule has 146 valence electrons. The van der Waals surface area contributed by atoms with E-state index in [2.05, 4.69) is 24.5 Å². The average Bonchev–Trinajstić information content (AvgIpc) is 2.68. The van der Waals surface area contributed by atoms with Crippen LogP contribution in [0.2, 0.25) is 0 Å². The second kappa shape index (κ2) is 9.65. The Morgan fingerprint density at radius 2 is 1.61 bits per heavy atom. The number of nitrogens with one attached hydrogen (secondary N) is 2. The molecule has 0 aliphatic rings. The monoisotopic (exact) mass is 378 g/mol. The molecule has 0 radical (unpaired) electrons. The fraction of sp³-hybridized carbons (Fsp3) is 0.261. The number of benzene rings is 2. The largest absolute Gasteiger partial charge is 0.322 e. The van der Waals surface area contributed by atoms with E-state index in [-0.39, 0.29) is 23.2 Å². The summed E-state index contributed by atoms with van der Waals surface area (Å²) < 4.78 is 0. The molecule has 1 unspecified atom stereocenters. The average molecular weight is 378 g/mol. The number of para-hydroxylation sites is 1. The Balaban J connectivity index is 2.05. The number of amides is 2. The first-order valence-corrected chi connectivity index (χ1v) is 9.32. The SMILES string of the molecule is CCC(C)c1ccccc1NC(=O)/C=C(/C)C(=O)Nc1ccc(C(C)=O)cc1. The Hall–Kier alpha value is -3.21. The zero-order chi connectivity index (χ0) is 20.7. The lowest BCUT2D eigenvalue weighted by molar-refractivity contribution is -0.114. The summed E-state index contributed by atoms with van der Waals surface area (Å²) in [7, 11) is 0. The van der Waals surface area contributed by atoms with E-state index < -0.39 is 0 Å². The third-order valence-electron chi connectivity index (χ3n) is 4.62. The third-order valence-corrected chi connectivity index (χ3v) is 4.62. The molecule has 0 heterocycles. The first kappa shape index (κ1) is 21.1. The van der Waals surface area contributed by atoms with Gasteiger partial charge in [-0.3, -0.25) is 14.4 Å². The van der Waals surface area contributed by atoms with Crippen LogP contribution in [0, 0.1) is 0 Å². The van der Waals surface area contributed by atoms with E-state index in [1.807, 2.05) is 24.3 Å². The summed E-state index contributed by atoms with van der Waals surface area (Å²) >= 11 is 0. The van der Waals surface area contributed by atoms with Gasteiger partial charge in [-0.2, -0.15) is 0 Å². The first-order valence-electron chi connectivity index (χ1n) is 9.32. The van der Waals surface area contributed by atoms with E-state index in [1.54, 1.807) is 31.2 Å². The number of carbonyl (C=O) groups is 3. The second-order valence-electron chi connectivity index (χ2n) is 6.80. The molecule has 0 saturated carbocycles. The van der Waals surface area contributed by atoms with Gasteiger partial charge in [0.25, 0.3) is 5.91 Å². The number of rotatable bonds is 7. The molecule has 0 aromatic heterocycles. The molecule has 2 rings (SSSR count). The Kier molecular flexibility index (Phi) is 7.27. The van der Waals surface area contributed by atoms with Crippen molar-refractivity contribution in [2.45, 2.75) is 40.0 Å². The maximum absolute atomic E-state index is 12.4. The smallest absolute Gasteiger partial charge is 0.251 e. The normalized spacial score (nSPS) is 12.2. The van der Waals surface area contributed by atoms with Gasteiger partial charge in [0.15, 0.2) is 5.78 Å². The molecule has 1 atom stereocenters. The van der Waals surface area contributed by atoms with E-state index in [9.17, 15) is 14.4 Å². The van der Waals surface area contributed by atoms with Crippen LogP contribution in [0.1, 0.15) is 56.0 Å². The van der Waals surface area contributed by atoms with E-state index in [1.165, 1.54) is 13.0 Å². The lowest BCUT2D eigenvalue weighted by atomic mass is 9.97. The molecule has 2 N–H and O–H groups in total. The molecule has 0 spiro atoms. The van der Waals surface area contributed by atoms with Crippen molar-refractivity contribution in [1.82, 2.24) is 0 Å². The van der Waals surface area contributed by atoms with E-state index in [0.29, 0.717) is 17.2 Å². The van der Waals surface area contributed by atoms with Crippen molar-refractivity contribution >= 4 is 29.0 Å². The van der Waals surface area contributed by atoms with Gasteiger partial charge in [-0.05, 0) is 62.1 Å². The molecule has 2 aromatic carbocycles. The first-order chi connectivity index (χ1) is 13.3. The summed E-state index contributed by atoms with van der Waals surface area (Å²) in [6.45, 7) is 7.27. The molecule has 0 aliphatic carbocycles. The zero-order valence-corrected chi connectivity index (χ0v) is 16.7. The molecule has 0 fully saturated rings. The number of Topliss-reactive ketones (excluding diaryl/α,β-unsaturated/α-hetero) is 1. The summed E-state index contributed by atoms with van der Waals surface area (Å²) in [4.78, 5) is 36.0. The van der Waals surface area contributed by atoms with Crippen LogP contribution in [0.5, 0.6) is 0 Å². The van der Waals surface area contributed by atoms with Crippen molar-refractivity contribution in [3.63, 3.8) is 0 Å². The number of ketones is 1. The minimum atomic E-state index is -0.374. The number of hydrogen-bond acceptors (Lipinski definition) is 3. The predicted octanol–water partition coefficient (Wildman–Crippen LogP) is 4.93. The zero-order valence-electron chi connectivity index (χ0n) is 16.7. The minimum Gasteiger partial charge on any atom is -0.322 e. The Morgan fingerprint density at radius 1 is 0.964 bits per heavy atom. The maximum atomic E-state index is 12.4. The van der Waals surface area contributed by atoms with Crippen LogP contribution in [0.3, 0.4) is 0 Å². The van der Waals surface area contributed by atoms with Gasteiger partial charge in [0.1, 0.15) is 0 Å². The van der Waals surface area contributed by atoms with E-state index in [4.69, 9.17) is 0 Å².